The highest BCUT2D eigenvalue weighted by molar-refractivity contribution is 6.76. The summed E-state index contributed by atoms with van der Waals surface area (Å²) in [5.74, 6) is 1.94. The van der Waals surface area contributed by atoms with E-state index in [1.807, 2.05) is 22.8 Å². The Balaban J connectivity index is 1.73. The van der Waals surface area contributed by atoms with Crippen molar-refractivity contribution >= 4 is 30.6 Å². The first-order valence-electron chi connectivity index (χ1n) is 10.9. The van der Waals surface area contributed by atoms with Gasteiger partial charge in [-0.3, -0.25) is 4.79 Å². The van der Waals surface area contributed by atoms with Crippen molar-refractivity contribution in [3.8, 4) is 22.8 Å². The van der Waals surface area contributed by atoms with Gasteiger partial charge in [0.05, 0.1) is 41.5 Å². The number of hydrogen-bond acceptors (Lipinski definition) is 5. The molecule has 1 N–H and O–H groups in total. The maximum atomic E-state index is 12.5. The van der Waals surface area contributed by atoms with Crippen LogP contribution in [0.25, 0.3) is 22.2 Å². The van der Waals surface area contributed by atoms with Gasteiger partial charge in [-0.1, -0.05) is 31.2 Å². The number of ether oxygens (including phenoxy) is 3. The fraction of sp³-hybridized carbons (Fsp3) is 0.478. The van der Waals surface area contributed by atoms with Gasteiger partial charge in [-0.25, -0.2) is 5.10 Å². The monoisotopic (exact) mass is 475 g/mol. The lowest BCUT2D eigenvalue weighted by Crippen LogP contribution is -2.22. The summed E-state index contributed by atoms with van der Waals surface area (Å²) in [5.41, 5.74) is 1.84. The zero-order valence-electron chi connectivity index (χ0n) is 19.0. The fourth-order valence-electron chi connectivity index (χ4n) is 3.54. The highest BCUT2D eigenvalue weighted by atomic mass is 35.5. The normalized spacial score (nSPS) is 14.2. The van der Waals surface area contributed by atoms with Crippen LogP contribution < -0.4 is 15.0 Å². The van der Waals surface area contributed by atoms with Crippen molar-refractivity contribution in [3.05, 3.63) is 39.8 Å². The molecule has 0 spiro atoms. The minimum absolute atomic E-state index is 0.276. The third-order valence-corrected chi connectivity index (χ3v) is 7.72. The van der Waals surface area contributed by atoms with E-state index >= 15 is 0 Å². The predicted molar refractivity (Wildman–Crippen MR) is 130 cm³/mol. The lowest BCUT2D eigenvalue weighted by Gasteiger charge is -2.17. The van der Waals surface area contributed by atoms with Gasteiger partial charge in [-0.05, 0) is 43.0 Å². The lowest BCUT2D eigenvalue weighted by atomic mass is 10.1. The molecule has 1 saturated carbocycles. The van der Waals surface area contributed by atoms with Gasteiger partial charge >= 0.3 is 0 Å². The molecule has 0 aliphatic heterocycles. The van der Waals surface area contributed by atoms with Crippen LogP contribution in [0.1, 0.15) is 12.8 Å². The number of aromatic amines is 1. The van der Waals surface area contributed by atoms with Crippen LogP contribution in [-0.2, 0) is 11.5 Å². The number of hydrogen-bond donors (Lipinski definition) is 1. The van der Waals surface area contributed by atoms with Gasteiger partial charge in [0.25, 0.3) is 5.56 Å². The Hall–Kier alpha value is -2.29. The summed E-state index contributed by atoms with van der Waals surface area (Å²) in [7, 11) is 0.406. The Morgan fingerprint density at radius 1 is 1.25 bits per heavy atom. The van der Waals surface area contributed by atoms with E-state index in [1.165, 1.54) is 12.8 Å². The van der Waals surface area contributed by atoms with Gasteiger partial charge in [-0.2, -0.15) is 5.10 Å². The maximum Gasteiger partial charge on any atom is 0.275 e. The van der Waals surface area contributed by atoms with Crippen LogP contribution in [0.5, 0.6) is 11.5 Å². The maximum absolute atomic E-state index is 12.5. The topological polar surface area (TPSA) is 78.4 Å². The second-order valence-corrected chi connectivity index (χ2v) is 15.5. The third-order valence-electron chi connectivity index (χ3n) is 5.65. The van der Waals surface area contributed by atoms with Gasteiger partial charge in [0, 0.05) is 20.2 Å². The minimum Gasteiger partial charge on any atom is -0.493 e. The van der Waals surface area contributed by atoms with Crippen LogP contribution in [0.15, 0.2) is 29.2 Å². The smallest absolute Gasteiger partial charge is 0.275 e. The van der Waals surface area contributed by atoms with Crippen LogP contribution >= 0.6 is 11.6 Å². The van der Waals surface area contributed by atoms with Crippen molar-refractivity contribution in [2.45, 2.75) is 45.3 Å². The summed E-state index contributed by atoms with van der Waals surface area (Å²) >= 11 is 6.76. The second kappa shape index (κ2) is 9.29. The Kier molecular flexibility index (Phi) is 6.64. The number of H-pyrrole nitrogens is 1. The first-order valence-corrected chi connectivity index (χ1v) is 15.0. The number of halogens is 1. The fourth-order valence-corrected chi connectivity index (χ4v) is 4.69. The first kappa shape index (κ1) is 22.9. The van der Waals surface area contributed by atoms with Crippen molar-refractivity contribution in [2.24, 2.45) is 5.92 Å². The molecule has 0 radical (unpaired) electrons. The highest BCUT2D eigenvalue weighted by Gasteiger charge is 2.24. The minimum atomic E-state index is -1.22. The predicted octanol–water partition coefficient (Wildman–Crippen LogP) is 5.15. The number of rotatable bonds is 10. The van der Waals surface area contributed by atoms with E-state index < -0.39 is 8.07 Å². The number of methoxy groups -OCH3 is 1. The highest BCUT2D eigenvalue weighted by Crippen LogP contribution is 2.40. The average molecular weight is 476 g/mol. The van der Waals surface area contributed by atoms with Crippen molar-refractivity contribution in [2.75, 3.05) is 20.3 Å². The van der Waals surface area contributed by atoms with Gasteiger partial charge in [0.15, 0.2) is 11.5 Å². The molecule has 1 aliphatic rings. The van der Waals surface area contributed by atoms with Crippen LogP contribution in [0, 0.1) is 5.92 Å². The molecule has 0 bridgehead atoms. The van der Waals surface area contributed by atoms with Crippen molar-refractivity contribution in [1.82, 2.24) is 14.8 Å². The molecule has 9 heteroatoms. The number of nitrogens with one attached hydrogen (secondary N) is 1. The zero-order valence-corrected chi connectivity index (χ0v) is 20.8. The second-order valence-electron chi connectivity index (χ2n) is 9.52. The summed E-state index contributed by atoms with van der Waals surface area (Å²) in [5, 5.41) is 7.23. The Labute approximate surface area is 193 Å². The van der Waals surface area contributed by atoms with Crippen molar-refractivity contribution in [3.63, 3.8) is 0 Å². The van der Waals surface area contributed by atoms with Crippen molar-refractivity contribution in [1.29, 1.82) is 0 Å². The van der Waals surface area contributed by atoms with Gasteiger partial charge in [0.2, 0.25) is 0 Å². The van der Waals surface area contributed by atoms with E-state index in [2.05, 4.69) is 29.8 Å². The molecular formula is C23H30ClN3O4Si. The third kappa shape index (κ3) is 5.03. The molecule has 1 fully saturated rings. The molecule has 172 valence electrons. The summed E-state index contributed by atoms with van der Waals surface area (Å²) in [6.45, 7) is 8.54. The van der Waals surface area contributed by atoms with Gasteiger partial charge < -0.3 is 18.8 Å². The standard InChI is InChI=1S/C23H30ClN3O4Si/c1-29-18-8-7-16(11-19(18)31-13-15-5-6-15)22-21(24)20-17(12-25-26-23(20)28)27(22)14-30-9-10-32(2,3)4/h7-8,11-12,15H,5-6,9-10,13-14H2,1-4H3,(H,26,28). The van der Waals surface area contributed by atoms with E-state index in [-0.39, 0.29) is 12.3 Å². The SMILES string of the molecule is COc1ccc(-c2c(Cl)c3c(=O)[nH]ncc3n2COCC[Si](C)(C)C)cc1OCC1CC1. The lowest BCUT2D eigenvalue weighted by molar-refractivity contribution is 0.0912. The number of nitrogens with zero attached hydrogens (tertiary/aromatic N) is 2. The van der Waals surface area contributed by atoms with E-state index in [9.17, 15) is 4.79 Å². The first-order chi connectivity index (χ1) is 15.3. The molecule has 2 aromatic heterocycles. The number of aromatic nitrogens is 3. The molecule has 0 unspecified atom stereocenters. The molecule has 7 nitrogen and oxygen atoms in total. The van der Waals surface area contributed by atoms with E-state index in [0.717, 1.165) is 11.6 Å². The average Bonchev–Trinajstić information content (AvgIpc) is 3.53. The Morgan fingerprint density at radius 2 is 2.03 bits per heavy atom. The van der Waals surface area contributed by atoms with E-state index in [1.54, 1.807) is 13.3 Å². The number of fused-ring (bicyclic) bond motifs is 1. The van der Waals surface area contributed by atoms with E-state index in [0.29, 0.717) is 52.3 Å². The largest absolute Gasteiger partial charge is 0.493 e. The molecule has 2 heterocycles. The van der Waals surface area contributed by atoms with Crippen LogP contribution in [0.2, 0.25) is 30.7 Å². The Morgan fingerprint density at radius 3 is 2.72 bits per heavy atom. The summed E-state index contributed by atoms with van der Waals surface area (Å²) < 4.78 is 19.5. The zero-order chi connectivity index (χ0) is 22.9. The summed E-state index contributed by atoms with van der Waals surface area (Å²) in [6.07, 6.45) is 4.02. The van der Waals surface area contributed by atoms with Crippen LogP contribution in [0.3, 0.4) is 0 Å². The molecule has 3 aromatic rings. The molecule has 1 aromatic carbocycles. The quantitative estimate of drug-likeness (QED) is 0.324. The molecule has 0 saturated heterocycles. The van der Waals surface area contributed by atoms with Crippen LogP contribution in [-0.4, -0.2) is 43.2 Å². The Bertz CT molecular complexity index is 1160. The van der Waals surface area contributed by atoms with Crippen LogP contribution in [0.4, 0.5) is 0 Å². The van der Waals surface area contributed by atoms with Gasteiger partial charge in [-0.15, -0.1) is 0 Å². The molecular weight excluding hydrogens is 446 g/mol. The molecule has 0 amide bonds. The summed E-state index contributed by atoms with van der Waals surface area (Å²) in [6, 6.07) is 6.75. The number of benzene rings is 1. The molecule has 1 aliphatic carbocycles. The molecule has 32 heavy (non-hydrogen) atoms. The summed E-state index contributed by atoms with van der Waals surface area (Å²) in [4.78, 5) is 12.5. The molecule has 4 rings (SSSR count). The van der Waals surface area contributed by atoms with Gasteiger partial charge in [0.1, 0.15) is 6.73 Å². The van der Waals surface area contributed by atoms with E-state index in [4.69, 9.17) is 25.8 Å². The van der Waals surface area contributed by atoms with Crippen molar-refractivity contribution < 1.29 is 14.2 Å². The molecule has 0 atom stereocenters.